The van der Waals surface area contributed by atoms with Crippen LogP contribution in [0.15, 0.2) is 41.2 Å². The molecule has 0 spiro atoms. The Hall–Kier alpha value is -3.33. The maximum atomic E-state index is 6.01. The molecule has 142 valence electrons. The van der Waals surface area contributed by atoms with E-state index in [2.05, 4.69) is 25.2 Å². The van der Waals surface area contributed by atoms with Gasteiger partial charge in [0, 0.05) is 23.9 Å². The monoisotopic (exact) mass is 378 g/mol. The molecule has 1 aromatic carbocycles. The van der Waals surface area contributed by atoms with Gasteiger partial charge in [0.2, 0.25) is 11.7 Å². The number of benzene rings is 1. The smallest absolute Gasteiger partial charge is 0.256 e. The molecular formula is C19H18N6O3. The summed E-state index contributed by atoms with van der Waals surface area (Å²) in [6.07, 6.45) is 4.08. The topological polar surface area (TPSA) is 100 Å². The maximum absolute atomic E-state index is 6.01. The summed E-state index contributed by atoms with van der Waals surface area (Å²) >= 11 is 0. The van der Waals surface area contributed by atoms with E-state index in [1.807, 2.05) is 37.3 Å². The van der Waals surface area contributed by atoms with E-state index in [0.29, 0.717) is 29.1 Å². The lowest BCUT2D eigenvalue weighted by Crippen LogP contribution is -2.00. The minimum absolute atomic E-state index is 0.0894. The van der Waals surface area contributed by atoms with Crippen LogP contribution in [-0.2, 0) is 11.2 Å². The fraction of sp³-hybridized carbons (Fsp3) is 0.316. The lowest BCUT2D eigenvalue weighted by Gasteiger charge is -2.08. The van der Waals surface area contributed by atoms with E-state index < -0.39 is 0 Å². The number of aryl methyl sites for hydroxylation is 1. The molecule has 1 unspecified atom stereocenters. The van der Waals surface area contributed by atoms with Crippen molar-refractivity contribution in [2.45, 2.75) is 32.3 Å². The van der Waals surface area contributed by atoms with Gasteiger partial charge in [0.15, 0.2) is 0 Å². The third-order valence-corrected chi connectivity index (χ3v) is 4.62. The summed E-state index contributed by atoms with van der Waals surface area (Å²) in [5, 5.41) is 8.23. The highest BCUT2D eigenvalue weighted by Gasteiger charge is 2.24. The van der Waals surface area contributed by atoms with E-state index in [9.17, 15) is 0 Å². The Morgan fingerprint density at radius 3 is 2.89 bits per heavy atom. The summed E-state index contributed by atoms with van der Waals surface area (Å²) in [5.74, 6) is 2.81. The van der Waals surface area contributed by atoms with Gasteiger partial charge in [-0.1, -0.05) is 12.1 Å². The Kier molecular flexibility index (Phi) is 4.21. The molecule has 9 heteroatoms. The van der Waals surface area contributed by atoms with Crippen LogP contribution in [0.1, 0.15) is 37.5 Å². The van der Waals surface area contributed by atoms with Crippen molar-refractivity contribution in [3.05, 3.63) is 48.2 Å². The van der Waals surface area contributed by atoms with Gasteiger partial charge in [-0.3, -0.25) is 0 Å². The number of hydrogen-bond donors (Lipinski definition) is 0. The summed E-state index contributed by atoms with van der Waals surface area (Å²) in [6.45, 7) is 2.77. The van der Waals surface area contributed by atoms with Crippen molar-refractivity contribution < 1.29 is 14.0 Å². The minimum Gasteiger partial charge on any atom is -0.439 e. The second-order valence-corrected chi connectivity index (χ2v) is 6.50. The minimum atomic E-state index is -0.0894. The summed E-state index contributed by atoms with van der Waals surface area (Å²) in [7, 11) is 0. The molecular weight excluding hydrogens is 360 g/mol. The van der Waals surface area contributed by atoms with Crippen molar-refractivity contribution in [1.82, 2.24) is 29.7 Å². The third-order valence-electron chi connectivity index (χ3n) is 4.62. The summed E-state index contributed by atoms with van der Waals surface area (Å²) in [6, 6.07) is 9.35. The maximum Gasteiger partial charge on any atom is 0.256 e. The van der Waals surface area contributed by atoms with Gasteiger partial charge in [0.25, 0.3) is 11.7 Å². The van der Waals surface area contributed by atoms with E-state index in [1.54, 1.807) is 4.52 Å². The normalized spacial score (nSPS) is 16.7. The van der Waals surface area contributed by atoms with Gasteiger partial charge in [-0.05, 0) is 43.5 Å². The van der Waals surface area contributed by atoms with Crippen molar-refractivity contribution in [3.63, 3.8) is 0 Å². The number of ether oxygens (including phenoxy) is 2. The van der Waals surface area contributed by atoms with Crippen molar-refractivity contribution in [2.24, 2.45) is 0 Å². The zero-order valence-corrected chi connectivity index (χ0v) is 15.3. The molecule has 1 saturated heterocycles. The number of aromatic nitrogens is 6. The molecule has 1 atom stereocenters. The lowest BCUT2D eigenvalue weighted by molar-refractivity contribution is 0.0835. The Bertz CT molecular complexity index is 1100. The van der Waals surface area contributed by atoms with E-state index in [0.717, 1.165) is 37.1 Å². The third kappa shape index (κ3) is 3.09. The predicted molar refractivity (Wildman–Crippen MR) is 97.9 cm³/mol. The second-order valence-electron chi connectivity index (χ2n) is 6.50. The van der Waals surface area contributed by atoms with Crippen molar-refractivity contribution in [2.75, 3.05) is 6.61 Å². The summed E-state index contributed by atoms with van der Waals surface area (Å²) in [4.78, 5) is 13.0. The molecule has 0 aliphatic carbocycles. The Balaban J connectivity index is 1.38. The first-order valence-corrected chi connectivity index (χ1v) is 9.23. The molecule has 1 aliphatic heterocycles. The molecule has 4 aromatic rings. The fourth-order valence-corrected chi connectivity index (χ4v) is 3.13. The highest BCUT2D eigenvalue weighted by Crippen LogP contribution is 2.30. The van der Waals surface area contributed by atoms with Crippen LogP contribution in [0.5, 0.6) is 11.6 Å². The van der Waals surface area contributed by atoms with Gasteiger partial charge >= 0.3 is 0 Å². The molecule has 28 heavy (non-hydrogen) atoms. The van der Waals surface area contributed by atoms with Gasteiger partial charge in [0.1, 0.15) is 18.2 Å². The number of fused-ring (bicyclic) bond motifs is 1. The van der Waals surface area contributed by atoms with Crippen LogP contribution in [-0.4, -0.2) is 36.3 Å². The lowest BCUT2D eigenvalue weighted by atomic mass is 10.2. The molecule has 0 N–H and O–H groups in total. The van der Waals surface area contributed by atoms with E-state index in [1.165, 1.54) is 6.33 Å². The molecule has 0 saturated carbocycles. The first-order valence-electron chi connectivity index (χ1n) is 9.23. The molecule has 3 aromatic heterocycles. The quantitative estimate of drug-likeness (QED) is 0.521. The zero-order valence-electron chi connectivity index (χ0n) is 15.3. The van der Waals surface area contributed by atoms with E-state index >= 15 is 0 Å². The molecule has 0 radical (unpaired) electrons. The van der Waals surface area contributed by atoms with Crippen LogP contribution in [0, 0.1) is 0 Å². The predicted octanol–water partition coefficient (Wildman–Crippen LogP) is 3.38. The fourth-order valence-electron chi connectivity index (χ4n) is 3.13. The van der Waals surface area contributed by atoms with Crippen molar-refractivity contribution >= 4 is 5.78 Å². The number of rotatable bonds is 5. The Labute approximate surface area is 160 Å². The Morgan fingerprint density at radius 1 is 1.21 bits per heavy atom. The van der Waals surface area contributed by atoms with Crippen molar-refractivity contribution in [3.8, 4) is 23.0 Å². The Morgan fingerprint density at radius 2 is 2.11 bits per heavy atom. The highest BCUT2D eigenvalue weighted by molar-refractivity contribution is 5.55. The van der Waals surface area contributed by atoms with Gasteiger partial charge in [-0.2, -0.15) is 19.6 Å². The summed E-state index contributed by atoms with van der Waals surface area (Å²) in [5.41, 5.74) is 1.73. The van der Waals surface area contributed by atoms with Crippen LogP contribution < -0.4 is 4.74 Å². The van der Waals surface area contributed by atoms with Crippen LogP contribution in [0.2, 0.25) is 0 Å². The highest BCUT2D eigenvalue weighted by atomic mass is 16.5. The largest absolute Gasteiger partial charge is 0.439 e. The van der Waals surface area contributed by atoms with Crippen LogP contribution in [0.25, 0.3) is 17.2 Å². The second kappa shape index (κ2) is 7.01. The molecule has 1 fully saturated rings. The van der Waals surface area contributed by atoms with Crippen LogP contribution >= 0.6 is 0 Å². The van der Waals surface area contributed by atoms with Gasteiger partial charge in [0.05, 0.1) is 0 Å². The average Bonchev–Trinajstić information content (AvgIpc) is 3.48. The van der Waals surface area contributed by atoms with Crippen molar-refractivity contribution in [1.29, 1.82) is 0 Å². The standard InChI is InChI=1S/C19H18N6O3/c1-2-13-10-16(25-19(22-13)20-11-21-25)27-14-7-5-12(6-8-14)17-23-18(28-24-17)15-4-3-9-26-15/h5-8,10-11,15H,2-4,9H2,1H3. The zero-order chi connectivity index (χ0) is 18.9. The molecule has 1 aliphatic rings. The van der Waals surface area contributed by atoms with Gasteiger partial charge in [-0.15, -0.1) is 0 Å². The molecule has 9 nitrogen and oxygen atoms in total. The van der Waals surface area contributed by atoms with Crippen LogP contribution in [0.3, 0.4) is 0 Å². The van der Waals surface area contributed by atoms with Gasteiger partial charge < -0.3 is 14.0 Å². The van der Waals surface area contributed by atoms with E-state index in [-0.39, 0.29) is 6.10 Å². The van der Waals surface area contributed by atoms with Crippen LogP contribution in [0.4, 0.5) is 0 Å². The summed E-state index contributed by atoms with van der Waals surface area (Å²) < 4.78 is 18.5. The molecule has 0 amide bonds. The SMILES string of the molecule is CCc1cc(Oc2ccc(-c3noc(C4CCCO4)n3)cc2)n2ncnc2n1. The molecule has 4 heterocycles. The molecule has 5 rings (SSSR count). The number of nitrogens with zero attached hydrogens (tertiary/aromatic N) is 6. The first kappa shape index (κ1) is 16.8. The number of hydrogen-bond acceptors (Lipinski definition) is 8. The van der Waals surface area contributed by atoms with E-state index in [4.69, 9.17) is 14.0 Å². The van der Waals surface area contributed by atoms with Gasteiger partial charge in [-0.25, -0.2) is 4.98 Å². The first-order chi connectivity index (χ1) is 13.8. The molecule has 0 bridgehead atoms. The average molecular weight is 378 g/mol.